The van der Waals surface area contributed by atoms with Gasteiger partial charge in [0.1, 0.15) is 5.57 Å². The number of amides is 4. The number of unbranched alkanes of at least 4 members (excludes halogenated alkanes) is 1. The van der Waals surface area contributed by atoms with E-state index in [1.54, 1.807) is 0 Å². The van der Waals surface area contributed by atoms with E-state index < -0.39 is 23.8 Å². The number of hydrogen-bond acceptors (Lipinski definition) is 5. The molecule has 0 unspecified atom stereocenters. The maximum Gasteiger partial charge on any atom is 0.331 e. The number of imide groups is 2. The van der Waals surface area contributed by atoms with Gasteiger partial charge in [-0.2, -0.15) is 0 Å². The summed E-state index contributed by atoms with van der Waals surface area (Å²) < 4.78 is 0. The molecule has 1 aliphatic heterocycles. The van der Waals surface area contributed by atoms with Gasteiger partial charge in [0.25, 0.3) is 11.8 Å². The van der Waals surface area contributed by atoms with Crippen LogP contribution < -0.4 is 10.4 Å². The van der Waals surface area contributed by atoms with Gasteiger partial charge in [0.05, 0.1) is 5.97 Å². The van der Waals surface area contributed by atoms with Crippen LogP contribution >= 0.6 is 0 Å². The molecule has 1 fully saturated rings. The fourth-order valence-electron chi connectivity index (χ4n) is 2.10. The molecule has 1 aliphatic rings. The monoisotopic (exact) mass is 315 g/mol. The maximum absolute atomic E-state index is 12.3. The molecule has 120 valence electrons. The zero-order valence-corrected chi connectivity index (χ0v) is 12.5. The highest BCUT2D eigenvalue weighted by Gasteiger charge is 2.35. The molecule has 1 N–H and O–H groups in total. The van der Waals surface area contributed by atoms with E-state index in [-0.39, 0.29) is 17.7 Å². The number of carbonyl (C=O) groups excluding carboxylic acids is 4. The van der Waals surface area contributed by atoms with Crippen molar-refractivity contribution in [2.45, 2.75) is 19.8 Å². The van der Waals surface area contributed by atoms with Crippen molar-refractivity contribution in [3.05, 3.63) is 41.0 Å². The van der Waals surface area contributed by atoms with Crippen LogP contribution in [-0.2, 0) is 9.59 Å². The smallest absolute Gasteiger partial charge is 0.331 e. The van der Waals surface area contributed by atoms with Crippen molar-refractivity contribution in [1.82, 2.24) is 10.2 Å². The zero-order valence-electron chi connectivity index (χ0n) is 12.5. The number of hydrogen-bond donors (Lipinski definition) is 1. The molecule has 0 radical (unpaired) electrons. The van der Waals surface area contributed by atoms with Crippen LogP contribution in [0.2, 0.25) is 0 Å². The summed E-state index contributed by atoms with van der Waals surface area (Å²) in [5.41, 5.74) is 0.298. The van der Waals surface area contributed by atoms with E-state index in [9.17, 15) is 24.3 Å². The number of nitrogens with one attached hydrogen (secondary N) is 1. The quantitative estimate of drug-likeness (QED) is 0.622. The third-order valence-electron chi connectivity index (χ3n) is 3.38. The Labute approximate surface area is 132 Å². The van der Waals surface area contributed by atoms with Gasteiger partial charge in [-0.25, -0.2) is 4.79 Å². The molecule has 1 aromatic carbocycles. The van der Waals surface area contributed by atoms with Crippen molar-refractivity contribution in [3.63, 3.8) is 0 Å². The Bertz CT molecular complexity index is 691. The second-order valence-electron chi connectivity index (χ2n) is 5.04. The van der Waals surface area contributed by atoms with Gasteiger partial charge >= 0.3 is 6.03 Å². The largest absolute Gasteiger partial charge is 0.545 e. The topological polar surface area (TPSA) is 107 Å². The minimum Gasteiger partial charge on any atom is -0.545 e. The maximum atomic E-state index is 12.3. The molecular weight excluding hydrogens is 300 g/mol. The average molecular weight is 315 g/mol. The minimum absolute atomic E-state index is 0.00803. The van der Waals surface area contributed by atoms with Crippen LogP contribution in [0.3, 0.4) is 0 Å². The number of barbiturate groups is 1. The fourth-order valence-corrected chi connectivity index (χ4v) is 2.10. The molecule has 1 saturated heterocycles. The molecule has 0 atom stereocenters. The van der Waals surface area contributed by atoms with E-state index in [4.69, 9.17) is 0 Å². The summed E-state index contributed by atoms with van der Waals surface area (Å²) in [6.45, 7) is 2.16. The first-order chi connectivity index (χ1) is 10.9. The first-order valence-electron chi connectivity index (χ1n) is 7.14. The van der Waals surface area contributed by atoms with E-state index in [0.29, 0.717) is 12.0 Å². The summed E-state index contributed by atoms with van der Waals surface area (Å²) in [5.74, 6) is -2.74. The van der Waals surface area contributed by atoms with Gasteiger partial charge in [-0.05, 0) is 23.6 Å². The van der Waals surface area contributed by atoms with Crippen molar-refractivity contribution >= 4 is 29.9 Å². The standard InChI is InChI=1S/C16H16N2O5/c1-2-3-8-18-14(20)12(13(19)17-16(18)23)9-10-4-6-11(7-5-10)15(21)22/h4-7,9H,2-3,8H2,1H3,(H,21,22)(H,17,19,23)/p-1/b12-9+. The predicted molar refractivity (Wildman–Crippen MR) is 78.9 cm³/mol. The number of benzene rings is 1. The summed E-state index contributed by atoms with van der Waals surface area (Å²) in [6.07, 6.45) is 2.76. The lowest BCUT2D eigenvalue weighted by Crippen LogP contribution is -2.54. The normalized spacial score (nSPS) is 16.7. The van der Waals surface area contributed by atoms with Crippen LogP contribution in [0.15, 0.2) is 29.8 Å². The van der Waals surface area contributed by atoms with E-state index in [0.717, 1.165) is 11.3 Å². The number of carboxylic acid groups (broad SMARTS) is 1. The highest BCUT2D eigenvalue weighted by Crippen LogP contribution is 2.15. The number of nitrogens with zero attached hydrogens (tertiary/aromatic N) is 1. The molecule has 1 heterocycles. The molecule has 0 bridgehead atoms. The number of aromatic carboxylic acids is 1. The fraction of sp³-hybridized carbons (Fsp3) is 0.250. The first kappa shape index (κ1) is 16.4. The Morgan fingerprint density at radius 1 is 1.22 bits per heavy atom. The summed E-state index contributed by atoms with van der Waals surface area (Å²) >= 11 is 0. The SMILES string of the molecule is CCCCN1C(=O)NC(=O)/C(=C\c2ccc(C(=O)[O-])cc2)C1=O. The molecule has 7 nitrogen and oxygen atoms in total. The second-order valence-corrected chi connectivity index (χ2v) is 5.04. The molecular formula is C16H15N2O5-. The summed E-state index contributed by atoms with van der Waals surface area (Å²) in [4.78, 5) is 47.6. The lowest BCUT2D eigenvalue weighted by Gasteiger charge is -2.26. The van der Waals surface area contributed by atoms with Crippen LogP contribution in [0.1, 0.15) is 35.7 Å². The summed E-state index contributed by atoms with van der Waals surface area (Å²) in [7, 11) is 0. The highest BCUT2D eigenvalue weighted by atomic mass is 16.4. The summed E-state index contributed by atoms with van der Waals surface area (Å²) in [6, 6.07) is 4.80. The molecule has 1 aromatic rings. The lowest BCUT2D eigenvalue weighted by atomic mass is 10.1. The Kier molecular flexibility index (Phi) is 4.90. The summed E-state index contributed by atoms with van der Waals surface area (Å²) in [5, 5.41) is 12.8. The van der Waals surface area contributed by atoms with E-state index in [1.165, 1.54) is 30.3 Å². The number of urea groups is 1. The number of carbonyl (C=O) groups is 4. The van der Waals surface area contributed by atoms with Gasteiger partial charge in [0.15, 0.2) is 0 Å². The lowest BCUT2D eigenvalue weighted by molar-refractivity contribution is -0.255. The molecule has 23 heavy (non-hydrogen) atoms. The number of carboxylic acids is 1. The molecule has 2 rings (SSSR count). The van der Waals surface area contributed by atoms with Gasteiger partial charge in [-0.15, -0.1) is 0 Å². The van der Waals surface area contributed by atoms with E-state index in [1.807, 2.05) is 6.92 Å². The second kappa shape index (κ2) is 6.87. The molecule has 7 heteroatoms. The van der Waals surface area contributed by atoms with Crippen molar-refractivity contribution in [2.24, 2.45) is 0 Å². The van der Waals surface area contributed by atoms with Crippen molar-refractivity contribution < 1.29 is 24.3 Å². The van der Waals surface area contributed by atoms with Crippen molar-refractivity contribution in [3.8, 4) is 0 Å². The van der Waals surface area contributed by atoms with Crippen LogP contribution in [0.5, 0.6) is 0 Å². The van der Waals surface area contributed by atoms with E-state index >= 15 is 0 Å². The Morgan fingerprint density at radius 3 is 2.43 bits per heavy atom. The molecule has 4 amide bonds. The highest BCUT2D eigenvalue weighted by molar-refractivity contribution is 6.31. The molecule has 0 spiro atoms. The minimum atomic E-state index is -1.31. The number of rotatable bonds is 5. The molecule has 0 aromatic heterocycles. The third-order valence-corrected chi connectivity index (χ3v) is 3.38. The Balaban J connectivity index is 2.28. The first-order valence-corrected chi connectivity index (χ1v) is 7.14. The average Bonchev–Trinajstić information content (AvgIpc) is 2.51. The van der Waals surface area contributed by atoms with Gasteiger partial charge in [0.2, 0.25) is 0 Å². The Morgan fingerprint density at radius 2 is 1.87 bits per heavy atom. The van der Waals surface area contributed by atoms with Gasteiger partial charge in [-0.1, -0.05) is 37.6 Å². The Hall–Kier alpha value is -2.96. The molecule has 0 aliphatic carbocycles. The zero-order chi connectivity index (χ0) is 17.0. The van der Waals surface area contributed by atoms with E-state index in [2.05, 4.69) is 5.32 Å². The van der Waals surface area contributed by atoms with Crippen molar-refractivity contribution in [2.75, 3.05) is 6.54 Å². The van der Waals surface area contributed by atoms with Crippen LogP contribution in [0, 0.1) is 0 Å². The van der Waals surface area contributed by atoms with Gasteiger partial charge in [-0.3, -0.25) is 19.8 Å². The van der Waals surface area contributed by atoms with Gasteiger partial charge < -0.3 is 9.90 Å². The third kappa shape index (κ3) is 3.63. The van der Waals surface area contributed by atoms with Crippen LogP contribution in [-0.4, -0.2) is 35.3 Å². The van der Waals surface area contributed by atoms with Crippen LogP contribution in [0.4, 0.5) is 4.79 Å². The molecule has 0 saturated carbocycles. The van der Waals surface area contributed by atoms with Crippen LogP contribution in [0.25, 0.3) is 6.08 Å². The van der Waals surface area contributed by atoms with Crippen molar-refractivity contribution in [1.29, 1.82) is 0 Å². The predicted octanol–water partition coefficient (Wildman–Crippen LogP) is 0.312. The van der Waals surface area contributed by atoms with Gasteiger partial charge in [0, 0.05) is 6.54 Å².